The number of aryl methyl sites for hydroxylation is 1. The van der Waals surface area contributed by atoms with Crippen molar-refractivity contribution in [2.24, 2.45) is 0 Å². The molecule has 0 spiro atoms. The van der Waals surface area contributed by atoms with Crippen molar-refractivity contribution in [3.05, 3.63) is 42.4 Å². The Morgan fingerprint density at radius 1 is 0.788 bits per heavy atom. The number of hydrogen-bond acceptors (Lipinski definition) is 11. The Hall–Kier alpha value is -1.77. The molecule has 13 nitrogen and oxygen atoms in total. The molecule has 0 saturated carbocycles. The topological polar surface area (TPSA) is 150 Å². The fourth-order valence-electron chi connectivity index (χ4n) is 2.50. The lowest BCUT2D eigenvalue weighted by molar-refractivity contribution is -0.811. The lowest BCUT2D eigenvalue weighted by Gasteiger charge is -2.07. The van der Waals surface area contributed by atoms with Gasteiger partial charge in [0.15, 0.2) is 6.26 Å². The molecule has 1 rings (SSSR count). The molecular formula is C19H31O13P. The molecule has 0 aliphatic rings. The fourth-order valence-corrected chi connectivity index (χ4v) is 2.70. The summed E-state index contributed by atoms with van der Waals surface area (Å²) in [5, 5.41) is 23.3. The van der Waals surface area contributed by atoms with Gasteiger partial charge in [-0.2, -0.15) is 0 Å². The summed E-state index contributed by atoms with van der Waals surface area (Å²) in [5.41, 5.74) is 1.28. The van der Waals surface area contributed by atoms with Crippen molar-refractivity contribution >= 4 is 7.82 Å². The van der Waals surface area contributed by atoms with Gasteiger partial charge in [0, 0.05) is 15.1 Å². The molecule has 33 heavy (non-hydrogen) atoms. The highest BCUT2D eigenvalue weighted by molar-refractivity contribution is 7.46. The van der Waals surface area contributed by atoms with Crippen LogP contribution in [0.5, 0.6) is 5.75 Å². The zero-order valence-electron chi connectivity index (χ0n) is 18.4. The van der Waals surface area contributed by atoms with Crippen molar-refractivity contribution in [1.29, 1.82) is 0 Å². The predicted molar refractivity (Wildman–Crippen MR) is 109 cm³/mol. The van der Waals surface area contributed by atoms with Gasteiger partial charge in [0.05, 0.1) is 0 Å². The Kier molecular flexibility index (Phi) is 17.4. The Morgan fingerprint density at radius 3 is 2.12 bits per heavy atom. The second-order valence-electron chi connectivity index (χ2n) is 6.56. The molecule has 0 radical (unpaired) electrons. The molecule has 0 fully saturated rings. The van der Waals surface area contributed by atoms with Gasteiger partial charge in [-0.1, -0.05) is 57.6 Å². The first kappa shape index (κ1) is 29.3. The molecule has 0 aromatic heterocycles. The van der Waals surface area contributed by atoms with Crippen LogP contribution in [0.1, 0.15) is 57.4 Å². The second-order valence-corrected chi connectivity index (χ2v) is 7.75. The van der Waals surface area contributed by atoms with Gasteiger partial charge < -0.3 is 14.1 Å². The number of phosphoric ester groups is 1. The van der Waals surface area contributed by atoms with Gasteiger partial charge in [-0.15, -0.1) is 0 Å². The lowest BCUT2D eigenvalue weighted by atomic mass is 10.0. The van der Waals surface area contributed by atoms with Crippen molar-refractivity contribution in [3.63, 3.8) is 0 Å². The molecule has 2 N–H and O–H groups in total. The third kappa shape index (κ3) is 19.4. The molecule has 0 aliphatic carbocycles. The Bertz CT molecular complexity index is 650. The highest BCUT2D eigenvalue weighted by atomic mass is 31.2. The summed E-state index contributed by atoms with van der Waals surface area (Å²) in [7, 11) is -4.66. The number of ether oxygens (including phenoxy) is 1. The summed E-state index contributed by atoms with van der Waals surface area (Å²) in [4.78, 5) is 25.3. The van der Waals surface area contributed by atoms with Crippen LogP contribution >= 0.6 is 7.82 Å². The van der Waals surface area contributed by atoms with E-state index in [9.17, 15) is 4.57 Å². The first-order valence-corrected chi connectivity index (χ1v) is 11.9. The number of benzene rings is 1. The highest BCUT2D eigenvalue weighted by Gasteiger charge is 2.11. The number of hydrogen-bond donors (Lipinski definition) is 2. The first-order valence-electron chi connectivity index (χ1n) is 10.4. The SMILES string of the molecule is CCCCCCCCCc1ccc(OCCOOOOOOOO/C=C/OP(=O)(O)O)cc1. The van der Waals surface area contributed by atoms with E-state index in [2.05, 4.69) is 51.5 Å². The maximum atomic E-state index is 10.3. The van der Waals surface area contributed by atoms with Crippen molar-refractivity contribution < 1.29 is 63.6 Å². The van der Waals surface area contributed by atoms with Gasteiger partial charge in [-0.25, -0.2) is 9.45 Å². The third-order valence-electron chi connectivity index (χ3n) is 3.96. The van der Waals surface area contributed by atoms with E-state index < -0.39 is 7.82 Å². The van der Waals surface area contributed by atoms with E-state index in [0.717, 1.165) is 6.42 Å². The van der Waals surface area contributed by atoms with Crippen LogP contribution in [-0.4, -0.2) is 23.0 Å². The molecular weight excluding hydrogens is 467 g/mol. The minimum Gasteiger partial charge on any atom is -0.491 e. The van der Waals surface area contributed by atoms with Gasteiger partial charge in [0.25, 0.3) is 0 Å². The zero-order chi connectivity index (χ0) is 24.0. The van der Waals surface area contributed by atoms with E-state index in [1.54, 1.807) is 0 Å². The third-order valence-corrected chi connectivity index (χ3v) is 4.36. The molecule has 1 aromatic carbocycles. The molecule has 0 atom stereocenters. The molecule has 14 heteroatoms. The van der Waals surface area contributed by atoms with Crippen LogP contribution in [0.15, 0.2) is 36.8 Å². The predicted octanol–water partition coefficient (Wildman–Crippen LogP) is 4.48. The quantitative estimate of drug-likeness (QED) is 0.0761. The van der Waals surface area contributed by atoms with E-state index in [4.69, 9.17) is 14.5 Å². The van der Waals surface area contributed by atoms with Gasteiger partial charge in [0.2, 0.25) is 0 Å². The number of phosphoric acid groups is 1. The summed E-state index contributed by atoms with van der Waals surface area (Å²) in [6.45, 7) is 2.44. The largest absolute Gasteiger partial charge is 0.524 e. The number of unbranched alkanes of at least 4 members (excludes halogenated alkanes) is 6. The highest BCUT2D eigenvalue weighted by Crippen LogP contribution is 2.35. The van der Waals surface area contributed by atoms with Crippen LogP contribution in [0.25, 0.3) is 0 Å². The Balaban J connectivity index is 1.90. The molecule has 190 valence electrons. The van der Waals surface area contributed by atoms with Gasteiger partial charge in [-0.05, 0) is 45.7 Å². The van der Waals surface area contributed by atoms with Crippen molar-refractivity contribution in [2.45, 2.75) is 58.3 Å². The van der Waals surface area contributed by atoms with E-state index in [1.165, 1.54) is 50.5 Å². The summed E-state index contributed by atoms with van der Waals surface area (Å²) < 4.78 is 19.6. The van der Waals surface area contributed by atoms with Crippen LogP contribution in [-0.2, 0) is 55.5 Å². The monoisotopic (exact) mass is 498 g/mol. The maximum Gasteiger partial charge on any atom is 0.524 e. The summed E-state index contributed by atoms with van der Waals surface area (Å²) in [6.07, 6.45) is 11.2. The number of rotatable bonds is 22. The summed E-state index contributed by atoms with van der Waals surface area (Å²) in [6, 6.07) is 7.89. The average Bonchev–Trinajstić information content (AvgIpc) is 2.79. The normalized spacial score (nSPS) is 11.7. The van der Waals surface area contributed by atoms with Crippen LogP contribution < -0.4 is 4.74 Å². The molecule has 1 aromatic rings. The first-order chi connectivity index (χ1) is 16.0. The minimum atomic E-state index is -4.66. The zero-order valence-corrected chi connectivity index (χ0v) is 19.3. The van der Waals surface area contributed by atoms with E-state index in [-0.39, 0.29) is 13.2 Å². The van der Waals surface area contributed by atoms with Crippen molar-refractivity contribution in [1.82, 2.24) is 0 Å². The molecule has 0 heterocycles. The average molecular weight is 498 g/mol. The van der Waals surface area contributed by atoms with Gasteiger partial charge >= 0.3 is 7.82 Å². The molecule has 0 aliphatic heterocycles. The molecule has 0 bridgehead atoms. The Labute approximate surface area is 191 Å². The molecule has 0 unspecified atom stereocenters. The summed E-state index contributed by atoms with van der Waals surface area (Å²) in [5.74, 6) is 0.702. The van der Waals surface area contributed by atoms with E-state index in [0.29, 0.717) is 18.3 Å². The standard InChI is InChI=1S/C19H31O13P/c1-2-3-4-5-6-7-8-9-18-10-12-19(13-11-18)23-14-15-24-27-29-31-32-30-28-25-16-17-26-33(20,21)22/h10-13,16-17H,2-9,14-15H2,1H3,(H2,20,21,22)/b17-16+. The van der Waals surface area contributed by atoms with Crippen LogP contribution in [0.2, 0.25) is 0 Å². The molecule has 0 amide bonds. The fraction of sp³-hybridized carbons (Fsp3) is 0.579. The molecule has 0 saturated heterocycles. The lowest BCUT2D eigenvalue weighted by Crippen LogP contribution is -2.08. The van der Waals surface area contributed by atoms with E-state index >= 15 is 0 Å². The van der Waals surface area contributed by atoms with Crippen LogP contribution in [0.3, 0.4) is 0 Å². The van der Waals surface area contributed by atoms with Gasteiger partial charge in [0.1, 0.15) is 25.2 Å². The Morgan fingerprint density at radius 2 is 1.42 bits per heavy atom. The van der Waals surface area contributed by atoms with Gasteiger partial charge in [-0.3, -0.25) is 9.79 Å². The maximum absolute atomic E-state index is 10.3. The van der Waals surface area contributed by atoms with Crippen molar-refractivity contribution in [3.8, 4) is 5.75 Å². The minimum absolute atomic E-state index is 0.0218. The van der Waals surface area contributed by atoms with Crippen LogP contribution in [0.4, 0.5) is 0 Å². The van der Waals surface area contributed by atoms with Crippen LogP contribution in [0, 0.1) is 0 Å². The van der Waals surface area contributed by atoms with E-state index in [1.807, 2.05) is 24.3 Å². The second kappa shape index (κ2) is 19.7. The smallest absolute Gasteiger partial charge is 0.491 e. The summed E-state index contributed by atoms with van der Waals surface area (Å²) >= 11 is 0. The van der Waals surface area contributed by atoms with Crippen molar-refractivity contribution in [2.75, 3.05) is 13.2 Å².